The van der Waals surface area contributed by atoms with Gasteiger partial charge in [-0.15, -0.1) is 0 Å². The number of H-pyrrole nitrogens is 1. The Morgan fingerprint density at radius 2 is 1.23 bits per heavy atom. The lowest BCUT2D eigenvalue weighted by atomic mass is 10.1. The van der Waals surface area contributed by atoms with E-state index in [0.29, 0.717) is 6.54 Å². The molecule has 0 fully saturated rings. The standard InChI is InChI=1S/C23H21N3/c1-4-10-18(11-5-1)16-24-17-21-25-22(19-12-6-2-7-13-19)23(26-21)20-14-8-3-9-15-20/h1-15,24H,16-17H2,(H,25,26). The monoisotopic (exact) mass is 339 g/mol. The van der Waals surface area contributed by atoms with Crippen LogP contribution in [0.3, 0.4) is 0 Å². The zero-order valence-corrected chi connectivity index (χ0v) is 14.5. The molecule has 0 aliphatic carbocycles. The van der Waals surface area contributed by atoms with Gasteiger partial charge in [-0.1, -0.05) is 91.0 Å². The molecule has 0 amide bonds. The number of aromatic nitrogens is 2. The number of nitrogens with zero attached hydrogens (tertiary/aromatic N) is 1. The van der Waals surface area contributed by atoms with Crippen LogP contribution < -0.4 is 5.32 Å². The van der Waals surface area contributed by atoms with Gasteiger partial charge in [-0.25, -0.2) is 4.98 Å². The van der Waals surface area contributed by atoms with Crippen molar-refractivity contribution in [1.29, 1.82) is 0 Å². The zero-order chi connectivity index (χ0) is 17.6. The number of hydrogen-bond acceptors (Lipinski definition) is 2. The quantitative estimate of drug-likeness (QED) is 0.517. The van der Waals surface area contributed by atoms with Crippen molar-refractivity contribution in [1.82, 2.24) is 15.3 Å². The third kappa shape index (κ3) is 3.73. The predicted molar refractivity (Wildman–Crippen MR) is 106 cm³/mol. The summed E-state index contributed by atoms with van der Waals surface area (Å²) in [6.07, 6.45) is 0. The fraction of sp³-hybridized carbons (Fsp3) is 0.0870. The highest BCUT2D eigenvalue weighted by Gasteiger charge is 2.13. The van der Waals surface area contributed by atoms with E-state index in [1.54, 1.807) is 0 Å². The molecule has 128 valence electrons. The molecule has 0 spiro atoms. The van der Waals surface area contributed by atoms with Crippen LogP contribution in [-0.2, 0) is 13.1 Å². The molecule has 0 radical (unpaired) electrons. The van der Waals surface area contributed by atoms with Crippen LogP contribution in [-0.4, -0.2) is 9.97 Å². The molecule has 4 aromatic rings. The van der Waals surface area contributed by atoms with E-state index in [1.165, 1.54) is 5.56 Å². The average Bonchev–Trinajstić information content (AvgIpc) is 3.14. The molecule has 4 rings (SSSR count). The van der Waals surface area contributed by atoms with Gasteiger partial charge in [-0.05, 0) is 5.56 Å². The summed E-state index contributed by atoms with van der Waals surface area (Å²) >= 11 is 0. The summed E-state index contributed by atoms with van der Waals surface area (Å²) < 4.78 is 0. The molecule has 0 unspecified atom stereocenters. The van der Waals surface area contributed by atoms with Crippen LogP contribution in [0.25, 0.3) is 22.5 Å². The molecule has 0 bridgehead atoms. The Hall–Kier alpha value is -3.17. The molecule has 1 aromatic heterocycles. The first-order valence-corrected chi connectivity index (χ1v) is 8.84. The van der Waals surface area contributed by atoms with Gasteiger partial charge in [0.25, 0.3) is 0 Å². The van der Waals surface area contributed by atoms with Crippen LogP contribution in [0.4, 0.5) is 0 Å². The van der Waals surface area contributed by atoms with Crippen LogP contribution in [0.1, 0.15) is 11.4 Å². The van der Waals surface area contributed by atoms with Gasteiger partial charge < -0.3 is 10.3 Å². The molecule has 26 heavy (non-hydrogen) atoms. The van der Waals surface area contributed by atoms with E-state index in [2.05, 4.69) is 71.0 Å². The van der Waals surface area contributed by atoms with Crippen LogP contribution in [0.15, 0.2) is 91.0 Å². The molecule has 0 saturated heterocycles. The highest BCUT2D eigenvalue weighted by molar-refractivity contribution is 5.78. The lowest BCUT2D eigenvalue weighted by Crippen LogP contribution is -2.13. The van der Waals surface area contributed by atoms with Crippen molar-refractivity contribution in [2.24, 2.45) is 0 Å². The molecule has 3 heteroatoms. The molecule has 0 atom stereocenters. The number of imidazole rings is 1. The first-order chi connectivity index (χ1) is 12.9. The van der Waals surface area contributed by atoms with Gasteiger partial charge in [0.2, 0.25) is 0 Å². The lowest BCUT2D eigenvalue weighted by Gasteiger charge is -2.03. The second-order valence-electron chi connectivity index (χ2n) is 6.23. The molecule has 1 heterocycles. The van der Waals surface area contributed by atoms with E-state index in [9.17, 15) is 0 Å². The second-order valence-corrected chi connectivity index (χ2v) is 6.23. The molecule has 3 aromatic carbocycles. The minimum atomic E-state index is 0.696. The summed E-state index contributed by atoms with van der Waals surface area (Å²) in [5, 5.41) is 3.47. The van der Waals surface area contributed by atoms with Crippen molar-refractivity contribution in [3.8, 4) is 22.5 Å². The molecule has 0 aliphatic heterocycles. The third-order valence-corrected chi connectivity index (χ3v) is 4.33. The van der Waals surface area contributed by atoms with E-state index in [0.717, 1.165) is 34.9 Å². The Morgan fingerprint density at radius 1 is 0.654 bits per heavy atom. The first kappa shape index (κ1) is 16.3. The predicted octanol–water partition coefficient (Wildman–Crippen LogP) is 5.03. The van der Waals surface area contributed by atoms with E-state index in [1.807, 2.05) is 30.3 Å². The van der Waals surface area contributed by atoms with Crippen LogP contribution in [0.5, 0.6) is 0 Å². The maximum absolute atomic E-state index is 4.87. The molecule has 0 aliphatic rings. The number of aromatic amines is 1. The van der Waals surface area contributed by atoms with Gasteiger partial charge in [0.1, 0.15) is 5.82 Å². The van der Waals surface area contributed by atoms with E-state index >= 15 is 0 Å². The van der Waals surface area contributed by atoms with Crippen molar-refractivity contribution in [3.63, 3.8) is 0 Å². The van der Waals surface area contributed by atoms with Crippen LogP contribution in [0.2, 0.25) is 0 Å². The topological polar surface area (TPSA) is 40.7 Å². The Balaban J connectivity index is 1.59. The van der Waals surface area contributed by atoms with E-state index in [4.69, 9.17) is 4.98 Å². The van der Waals surface area contributed by atoms with Gasteiger partial charge in [-0.2, -0.15) is 0 Å². The largest absolute Gasteiger partial charge is 0.340 e. The molecular weight excluding hydrogens is 318 g/mol. The second kappa shape index (κ2) is 7.81. The molecule has 0 saturated carbocycles. The van der Waals surface area contributed by atoms with Crippen molar-refractivity contribution in [2.45, 2.75) is 13.1 Å². The zero-order valence-electron chi connectivity index (χ0n) is 14.5. The normalized spacial score (nSPS) is 10.8. The van der Waals surface area contributed by atoms with Crippen molar-refractivity contribution < 1.29 is 0 Å². The minimum absolute atomic E-state index is 0.696. The number of hydrogen-bond donors (Lipinski definition) is 2. The minimum Gasteiger partial charge on any atom is -0.340 e. The Labute approximate surface area is 153 Å². The fourth-order valence-corrected chi connectivity index (χ4v) is 3.05. The number of rotatable bonds is 6. The Morgan fingerprint density at radius 3 is 1.88 bits per heavy atom. The van der Waals surface area contributed by atoms with Gasteiger partial charge in [0.05, 0.1) is 17.9 Å². The molecule has 2 N–H and O–H groups in total. The molecule has 3 nitrogen and oxygen atoms in total. The third-order valence-electron chi connectivity index (χ3n) is 4.33. The maximum atomic E-state index is 4.87. The van der Waals surface area contributed by atoms with Crippen molar-refractivity contribution in [2.75, 3.05) is 0 Å². The smallest absolute Gasteiger partial charge is 0.121 e. The summed E-state index contributed by atoms with van der Waals surface area (Å²) in [5.74, 6) is 0.943. The first-order valence-electron chi connectivity index (χ1n) is 8.84. The van der Waals surface area contributed by atoms with E-state index < -0.39 is 0 Å². The maximum Gasteiger partial charge on any atom is 0.121 e. The summed E-state index contributed by atoms with van der Waals surface area (Å²) in [7, 11) is 0. The van der Waals surface area contributed by atoms with Gasteiger partial charge in [0.15, 0.2) is 0 Å². The Bertz CT molecular complexity index is 888. The highest BCUT2D eigenvalue weighted by atomic mass is 15.0. The lowest BCUT2D eigenvalue weighted by molar-refractivity contribution is 0.669. The van der Waals surface area contributed by atoms with E-state index in [-0.39, 0.29) is 0 Å². The molecular formula is C23H21N3. The van der Waals surface area contributed by atoms with Crippen LogP contribution >= 0.6 is 0 Å². The highest BCUT2D eigenvalue weighted by Crippen LogP contribution is 2.29. The van der Waals surface area contributed by atoms with Gasteiger partial charge >= 0.3 is 0 Å². The summed E-state index contributed by atoms with van der Waals surface area (Å²) in [6, 6.07) is 31.1. The van der Waals surface area contributed by atoms with Crippen LogP contribution in [0, 0.1) is 0 Å². The summed E-state index contributed by atoms with van der Waals surface area (Å²) in [6.45, 7) is 1.52. The van der Waals surface area contributed by atoms with Crippen molar-refractivity contribution in [3.05, 3.63) is 102 Å². The average molecular weight is 339 g/mol. The summed E-state index contributed by atoms with van der Waals surface area (Å²) in [5.41, 5.74) is 5.59. The fourth-order valence-electron chi connectivity index (χ4n) is 3.05. The Kier molecular flexibility index (Phi) is 4.90. The number of benzene rings is 3. The summed E-state index contributed by atoms with van der Waals surface area (Å²) in [4.78, 5) is 8.38. The SMILES string of the molecule is c1ccc(CNCc2nc(-c3ccccc3)c(-c3ccccc3)[nH]2)cc1. The van der Waals surface area contributed by atoms with Gasteiger partial charge in [-0.3, -0.25) is 0 Å². The van der Waals surface area contributed by atoms with Crippen molar-refractivity contribution >= 4 is 0 Å². The number of nitrogens with one attached hydrogen (secondary N) is 2. The van der Waals surface area contributed by atoms with Gasteiger partial charge in [0, 0.05) is 17.7 Å².